The lowest BCUT2D eigenvalue weighted by Crippen LogP contribution is -2.70. The standard InChI is InChI=1S/C19H22N4O2/c1-18(2)11-6-14(18)19(3,25)15(7-11)23-17(24)13-8-12-10(9-20)4-5-21-16(12)22-13/h4-5,8,11,14-15,25H,6-7H2,1-3H3,(H,21,22)(H,23,24)/t11-,14-,15+,19-/m1/s1. The van der Waals surface area contributed by atoms with Crippen LogP contribution in [0.5, 0.6) is 0 Å². The molecule has 6 heteroatoms. The second kappa shape index (κ2) is 5.06. The third kappa shape index (κ3) is 2.19. The molecule has 3 aliphatic carbocycles. The summed E-state index contributed by atoms with van der Waals surface area (Å²) in [6.07, 6.45) is 3.35. The van der Waals surface area contributed by atoms with Gasteiger partial charge in [-0.05, 0) is 49.1 Å². The fraction of sp³-hybridized carbons (Fsp3) is 0.526. The molecule has 3 N–H and O–H groups in total. The Morgan fingerprint density at radius 2 is 2.20 bits per heavy atom. The Kier molecular flexibility index (Phi) is 3.26. The molecule has 0 radical (unpaired) electrons. The van der Waals surface area contributed by atoms with E-state index in [1.807, 2.05) is 6.92 Å². The number of aliphatic hydroxyl groups is 1. The summed E-state index contributed by atoms with van der Waals surface area (Å²) < 4.78 is 0. The Morgan fingerprint density at radius 3 is 2.84 bits per heavy atom. The van der Waals surface area contributed by atoms with Crippen molar-refractivity contribution in [2.24, 2.45) is 17.3 Å². The lowest BCUT2D eigenvalue weighted by Gasteiger charge is -2.65. The van der Waals surface area contributed by atoms with Gasteiger partial charge in [-0.1, -0.05) is 13.8 Å². The average Bonchev–Trinajstić information content (AvgIpc) is 2.99. The molecule has 3 aliphatic rings. The Balaban J connectivity index is 1.58. The van der Waals surface area contributed by atoms with Gasteiger partial charge in [0.25, 0.3) is 5.91 Å². The first-order valence-corrected chi connectivity index (χ1v) is 8.66. The predicted molar refractivity (Wildman–Crippen MR) is 92.7 cm³/mol. The van der Waals surface area contributed by atoms with Crippen LogP contribution in [-0.4, -0.2) is 32.6 Å². The molecule has 25 heavy (non-hydrogen) atoms. The SMILES string of the molecule is CC1(C)[C@H]2C[C@H](NC(=O)c3cc4c(C#N)ccnc4[nH]3)[C@](C)(O)[C@@H]1C2. The maximum absolute atomic E-state index is 12.7. The van der Waals surface area contributed by atoms with E-state index in [4.69, 9.17) is 0 Å². The molecule has 4 atom stereocenters. The van der Waals surface area contributed by atoms with Crippen molar-refractivity contribution < 1.29 is 9.90 Å². The van der Waals surface area contributed by atoms with Crippen LogP contribution in [0.25, 0.3) is 11.0 Å². The zero-order valence-corrected chi connectivity index (χ0v) is 14.6. The third-order valence-electron chi connectivity index (χ3n) is 6.60. The van der Waals surface area contributed by atoms with E-state index in [9.17, 15) is 15.2 Å². The molecule has 0 spiro atoms. The van der Waals surface area contributed by atoms with E-state index >= 15 is 0 Å². The summed E-state index contributed by atoms with van der Waals surface area (Å²) in [4.78, 5) is 19.8. The number of pyridine rings is 1. The van der Waals surface area contributed by atoms with E-state index in [0.717, 1.165) is 12.8 Å². The molecule has 0 aliphatic heterocycles. The van der Waals surface area contributed by atoms with Crippen LogP contribution in [0, 0.1) is 28.6 Å². The van der Waals surface area contributed by atoms with Gasteiger partial charge in [0.15, 0.2) is 0 Å². The molecule has 0 aromatic carbocycles. The zero-order valence-electron chi connectivity index (χ0n) is 14.6. The number of nitriles is 1. The van der Waals surface area contributed by atoms with Gasteiger partial charge in [-0.25, -0.2) is 4.98 Å². The summed E-state index contributed by atoms with van der Waals surface area (Å²) in [6, 6.07) is 5.11. The smallest absolute Gasteiger partial charge is 0.268 e. The molecule has 3 saturated carbocycles. The predicted octanol–water partition coefficient (Wildman–Crippen LogP) is 2.35. The van der Waals surface area contributed by atoms with Crippen molar-refractivity contribution in [3.63, 3.8) is 0 Å². The van der Waals surface area contributed by atoms with Crippen LogP contribution >= 0.6 is 0 Å². The number of amides is 1. The molecule has 130 valence electrons. The van der Waals surface area contributed by atoms with Crippen molar-refractivity contribution in [3.8, 4) is 6.07 Å². The zero-order chi connectivity index (χ0) is 18.0. The molecule has 5 rings (SSSR count). The summed E-state index contributed by atoms with van der Waals surface area (Å²) in [5.74, 6) is 0.447. The minimum Gasteiger partial charge on any atom is -0.388 e. The summed E-state index contributed by atoms with van der Waals surface area (Å²) >= 11 is 0. The third-order valence-corrected chi connectivity index (χ3v) is 6.60. The number of carbonyl (C=O) groups is 1. The molecule has 2 aromatic heterocycles. The molecule has 2 aromatic rings. The molecule has 6 nitrogen and oxygen atoms in total. The van der Waals surface area contributed by atoms with Gasteiger partial charge in [-0.2, -0.15) is 5.26 Å². The van der Waals surface area contributed by atoms with Crippen LogP contribution in [0.4, 0.5) is 0 Å². The number of nitrogens with zero attached hydrogens (tertiary/aromatic N) is 2. The summed E-state index contributed by atoms with van der Waals surface area (Å²) in [7, 11) is 0. The number of hydrogen-bond donors (Lipinski definition) is 3. The second-order valence-corrected chi connectivity index (χ2v) is 8.21. The summed E-state index contributed by atoms with van der Waals surface area (Å²) in [5, 5.41) is 23.8. The van der Waals surface area contributed by atoms with Crippen molar-refractivity contribution in [2.45, 2.75) is 45.3 Å². The molecule has 3 fully saturated rings. The molecular formula is C19H22N4O2. The topological polar surface area (TPSA) is 102 Å². The molecule has 1 amide bonds. The van der Waals surface area contributed by atoms with Gasteiger partial charge in [0.2, 0.25) is 0 Å². The average molecular weight is 338 g/mol. The van der Waals surface area contributed by atoms with Crippen molar-refractivity contribution in [3.05, 3.63) is 29.6 Å². The van der Waals surface area contributed by atoms with E-state index in [1.165, 1.54) is 0 Å². The second-order valence-electron chi connectivity index (χ2n) is 8.21. The van der Waals surface area contributed by atoms with Gasteiger partial charge in [0.1, 0.15) is 11.3 Å². The number of aromatic amines is 1. The van der Waals surface area contributed by atoms with Gasteiger partial charge in [0, 0.05) is 11.6 Å². The number of hydrogen-bond acceptors (Lipinski definition) is 4. The molecule has 0 unspecified atom stereocenters. The first kappa shape index (κ1) is 16.1. The Hall–Kier alpha value is -2.39. The Bertz CT molecular complexity index is 906. The largest absolute Gasteiger partial charge is 0.388 e. The van der Waals surface area contributed by atoms with Crippen LogP contribution < -0.4 is 5.32 Å². The minimum atomic E-state index is -0.921. The van der Waals surface area contributed by atoms with Crippen LogP contribution in [0.3, 0.4) is 0 Å². The number of rotatable bonds is 2. The van der Waals surface area contributed by atoms with E-state index < -0.39 is 5.60 Å². The lowest BCUT2D eigenvalue weighted by molar-refractivity contribution is -0.207. The lowest BCUT2D eigenvalue weighted by atomic mass is 9.43. The minimum absolute atomic E-state index is 0.122. The highest BCUT2D eigenvalue weighted by Gasteiger charge is 2.63. The maximum Gasteiger partial charge on any atom is 0.268 e. The number of carbonyl (C=O) groups excluding carboxylic acids is 1. The van der Waals surface area contributed by atoms with Crippen molar-refractivity contribution >= 4 is 16.9 Å². The van der Waals surface area contributed by atoms with Crippen LogP contribution in [0.1, 0.15) is 49.7 Å². The first-order chi connectivity index (χ1) is 11.7. The molecule has 0 saturated heterocycles. The number of nitrogens with one attached hydrogen (secondary N) is 2. The Labute approximate surface area is 146 Å². The Morgan fingerprint density at radius 1 is 1.44 bits per heavy atom. The van der Waals surface area contributed by atoms with Crippen molar-refractivity contribution in [2.75, 3.05) is 0 Å². The highest BCUT2D eigenvalue weighted by atomic mass is 16.3. The van der Waals surface area contributed by atoms with Gasteiger partial charge >= 0.3 is 0 Å². The summed E-state index contributed by atoms with van der Waals surface area (Å²) in [5.41, 5.74) is 0.559. The van der Waals surface area contributed by atoms with Gasteiger partial charge in [0.05, 0.1) is 23.3 Å². The van der Waals surface area contributed by atoms with Crippen molar-refractivity contribution in [1.82, 2.24) is 15.3 Å². The van der Waals surface area contributed by atoms with Crippen molar-refractivity contribution in [1.29, 1.82) is 5.26 Å². The molecule has 2 bridgehead atoms. The van der Waals surface area contributed by atoms with E-state index in [-0.39, 0.29) is 23.3 Å². The van der Waals surface area contributed by atoms with E-state index in [1.54, 1.807) is 18.3 Å². The normalized spacial score (nSPS) is 32.7. The quantitative estimate of drug-likeness (QED) is 0.782. The van der Waals surface area contributed by atoms with Gasteiger partial charge < -0.3 is 15.4 Å². The van der Waals surface area contributed by atoms with Gasteiger partial charge in [-0.3, -0.25) is 4.79 Å². The van der Waals surface area contributed by atoms with E-state index in [0.29, 0.717) is 28.2 Å². The highest BCUT2D eigenvalue weighted by Crippen LogP contribution is 2.62. The summed E-state index contributed by atoms with van der Waals surface area (Å²) in [6.45, 7) is 6.23. The monoisotopic (exact) mass is 338 g/mol. The number of H-pyrrole nitrogens is 1. The molecular weight excluding hydrogens is 316 g/mol. The van der Waals surface area contributed by atoms with Crippen LogP contribution in [0.2, 0.25) is 0 Å². The van der Waals surface area contributed by atoms with Crippen LogP contribution in [-0.2, 0) is 0 Å². The highest BCUT2D eigenvalue weighted by molar-refractivity contribution is 5.98. The van der Waals surface area contributed by atoms with Gasteiger partial charge in [-0.15, -0.1) is 0 Å². The fourth-order valence-electron chi connectivity index (χ4n) is 4.86. The fourth-order valence-corrected chi connectivity index (χ4v) is 4.86. The number of fused-ring (bicyclic) bond motifs is 3. The first-order valence-electron chi connectivity index (χ1n) is 8.66. The molecule has 2 heterocycles. The van der Waals surface area contributed by atoms with Crippen LogP contribution in [0.15, 0.2) is 18.3 Å². The number of aromatic nitrogens is 2. The maximum atomic E-state index is 12.7. The van der Waals surface area contributed by atoms with E-state index in [2.05, 4.69) is 35.2 Å².